The zero-order chi connectivity index (χ0) is 15.9. The van der Waals surface area contributed by atoms with Crippen LogP contribution in [0.3, 0.4) is 0 Å². The van der Waals surface area contributed by atoms with Gasteiger partial charge in [-0.25, -0.2) is 0 Å². The SMILES string of the molecule is C1=Cc2ccccc2OC1.O=[N+]([O-])c1ccc([N+](=O)[O-])cc1. The molecule has 2 aromatic carbocycles. The molecule has 1 aliphatic heterocycles. The average Bonchev–Trinajstić information content (AvgIpc) is 2.55. The number of nitro benzene ring substituents is 2. The van der Waals surface area contributed by atoms with E-state index in [-0.39, 0.29) is 11.4 Å². The zero-order valence-corrected chi connectivity index (χ0v) is 11.4. The van der Waals surface area contributed by atoms with E-state index in [4.69, 9.17) is 4.74 Å². The van der Waals surface area contributed by atoms with E-state index in [0.717, 1.165) is 30.0 Å². The number of non-ortho nitro benzene ring substituents is 2. The molecule has 0 unspecified atom stereocenters. The van der Waals surface area contributed by atoms with Crippen LogP contribution in [0.15, 0.2) is 54.6 Å². The summed E-state index contributed by atoms with van der Waals surface area (Å²) in [6.07, 6.45) is 4.10. The Kier molecular flexibility index (Phi) is 4.81. The van der Waals surface area contributed by atoms with E-state index in [2.05, 4.69) is 6.08 Å². The molecule has 0 saturated heterocycles. The molecular formula is C15H12N2O5. The molecule has 0 saturated carbocycles. The van der Waals surface area contributed by atoms with Crippen molar-refractivity contribution in [2.45, 2.75) is 0 Å². The fourth-order valence-corrected chi connectivity index (χ4v) is 1.76. The number of benzene rings is 2. The second-order valence-corrected chi connectivity index (χ2v) is 4.28. The van der Waals surface area contributed by atoms with Crippen LogP contribution in [0.25, 0.3) is 6.08 Å². The first-order chi connectivity index (χ1) is 10.6. The van der Waals surface area contributed by atoms with E-state index < -0.39 is 9.85 Å². The van der Waals surface area contributed by atoms with Crippen LogP contribution in [-0.2, 0) is 0 Å². The molecule has 2 aromatic rings. The molecule has 0 bridgehead atoms. The lowest BCUT2D eigenvalue weighted by molar-refractivity contribution is -0.389. The monoisotopic (exact) mass is 300 g/mol. The van der Waals surface area contributed by atoms with Gasteiger partial charge in [-0.2, -0.15) is 0 Å². The minimum atomic E-state index is -0.607. The summed E-state index contributed by atoms with van der Waals surface area (Å²) >= 11 is 0. The maximum absolute atomic E-state index is 10.1. The van der Waals surface area contributed by atoms with Crippen LogP contribution in [0.2, 0.25) is 0 Å². The summed E-state index contributed by atoms with van der Waals surface area (Å²) in [5.74, 6) is 0.991. The molecule has 22 heavy (non-hydrogen) atoms. The van der Waals surface area contributed by atoms with Crippen molar-refractivity contribution >= 4 is 17.5 Å². The van der Waals surface area contributed by atoms with Crippen molar-refractivity contribution in [1.82, 2.24) is 0 Å². The molecule has 0 aliphatic carbocycles. The Morgan fingerprint density at radius 1 is 0.864 bits per heavy atom. The summed E-state index contributed by atoms with van der Waals surface area (Å²) in [6, 6.07) is 12.4. The van der Waals surface area contributed by atoms with E-state index in [0.29, 0.717) is 6.61 Å². The molecule has 1 aliphatic rings. The summed E-state index contributed by atoms with van der Waals surface area (Å²) in [5.41, 5.74) is 0.870. The van der Waals surface area contributed by atoms with Crippen molar-refractivity contribution < 1.29 is 14.6 Å². The Bertz CT molecular complexity index is 677. The van der Waals surface area contributed by atoms with Gasteiger partial charge in [-0.05, 0) is 12.1 Å². The second kappa shape index (κ2) is 6.98. The largest absolute Gasteiger partial charge is 0.489 e. The molecule has 112 valence electrons. The highest BCUT2D eigenvalue weighted by Crippen LogP contribution is 2.21. The van der Waals surface area contributed by atoms with Gasteiger partial charge < -0.3 is 4.74 Å². The third-order valence-electron chi connectivity index (χ3n) is 2.82. The van der Waals surface area contributed by atoms with Gasteiger partial charge in [0.1, 0.15) is 12.4 Å². The highest BCUT2D eigenvalue weighted by molar-refractivity contribution is 5.58. The second-order valence-electron chi connectivity index (χ2n) is 4.28. The van der Waals surface area contributed by atoms with Crippen LogP contribution in [0.5, 0.6) is 5.75 Å². The van der Waals surface area contributed by atoms with Gasteiger partial charge in [-0.15, -0.1) is 0 Å². The molecule has 1 heterocycles. The van der Waals surface area contributed by atoms with E-state index in [1.165, 1.54) is 5.56 Å². The van der Waals surface area contributed by atoms with Crippen molar-refractivity contribution in [2.24, 2.45) is 0 Å². The molecule has 0 radical (unpaired) electrons. The van der Waals surface area contributed by atoms with Gasteiger partial charge in [0.15, 0.2) is 0 Å². The van der Waals surface area contributed by atoms with Gasteiger partial charge >= 0.3 is 0 Å². The van der Waals surface area contributed by atoms with Gasteiger partial charge in [-0.1, -0.05) is 24.3 Å². The number of hydrogen-bond donors (Lipinski definition) is 0. The molecule has 0 amide bonds. The van der Waals surface area contributed by atoms with Crippen molar-refractivity contribution in [3.05, 3.63) is 80.4 Å². The van der Waals surface area contributed by atoms with Crippen LogP contribution >= 0.6 is 0 Å². The smallest absolute Gasteiger partial charge is 0.269 e. The summed E-state index contributed by atoms with van der Waals surface area (Å²) in [6.45, 7) is 0.705. The molecule has 0 aromatic heterocycles. The molecular weight excluding hydrogens is 288 g/mol. The molecule has 7 heteroatoms. The van der Waals surface area contributed by atoms with E-state index >= 15 is 0 Å². The molecule has 0 fully saturated rings. The first-order valence-electron chi connectivity index (χ1n) is 6.35. The van der Waals surface area contributed by atoms with Crippen LogP contribution < -0.4 is 4.74 Å². The Balaban J connectivity index is 0.000000162. The van der Waals surface area contributed by atoms with Crippen molar-refractivity contribution in [3.8, 4) is 5.75 Å². The molecule has 0 atom stereocenters. The van der Waals surface area contributed by atoms with E-state index in [9.17, 15) is 20.2 Å². The first kappa shape index (κ1) is 15.2. The minimum absolute atomic E-state index is 0.152. The maximum Gasteiger partial charge on any atom is 0.269 e. The van der Waals surface area contributed by atoms with E-state index in [1.807, 2.05) is 30.3 Å². The summed E-state index contributed by atoms with van der Waals surface area (Å²) < 4.78 is 5.34. The van der Waals surface area contributed by atoms with Gasteiger partial charge in [0.05, 0.1) is 9.85 Å². The number of ether oxygens (including phenoxy) is 1. The summed E-state index contributed by atoms with van der Waals surface area (Å²) in [5, 5.41) is 20.2. The highest BCUT2D eigenvalue weighted by atomic mass is 16.6. The number of nitrogens with zero attached hydrogens (tertiary/aromatic N) is 2. The summed E-state index contributed by atoms with van der Waals surface area (Å²) in [4.78, 5) is 19.0. The zero-order valence-electron chi connectivity index (χ0n) is 11.4. The molecule has 3 rings (SSSR count). The lowest BCUT2D eigenvalue weighted by Gasteiger charge is -2.10. The fraction of sp³-hybridized carbons (Fsp3) is 0.0667. The van der Waals surface area contributed by atoms with Crippen LogP contribution in [0.1, 0.15) is 5.56 Å². The van der Waals surface area contributed by atoms with Crippen LogP contribution in [0.4, 0.5) is 11.4 Å². The predicted octanol–water partition coefficient (Wildman–Crippen LogP) is 3.60. The van der Waals surface area contributed by atoms with Crippen molar-refractivity contribution in [2.75, 3.05) is 6.61 Å². The number of nitro groups is 2. The molecule has 0 N–H and O–H groups in total. The minimum Gasteiger partial charge on any atom is -0.489 e. The lowest BCUT2D eigenvalue weighted by atomic mass is 10.1. The molecule has 7 nitrogen and oxygen atoms in total. The third-order valence-corrected chi connectivity index (χ3v) is 2.82. The highest BCUT2D eigenvalue weighted by Gasteiger charge is 2.08. The third kappa shape index (κ3) is 3.89. The first-order valence-corrected chi connectivity index (χ1v) is 6.35. The maximum atomic E-state index is 10.1. The Labute approximate surface area is 125 Å². The Morgan fingerprint density at radius 3 is 1.91 bits per heavy atom. The predicted molar refractivity (Wildman–Crippen MR) is 80.7 cm³/mol. The normalized spacial score (nSPS) is 11.5. The van der Waals surface area contributed by atoms with Crippen molar-refractivity contribution in [1.29, 1.82) is 0 Å². The van der Waals surface area contributed by atoms with Gasteiger partial charge in [0, 0.05) is 29.8 Å². The van der Waals surface area contributed by atoms with E-state index in [1.54, 1.807) is 0 Å². The van der Waals surface area contributed by atoms with Gasteiger partial charge in [0.2, 0.25) is 0 Å². The Morgan fingerprint density at radius 2 is 1.41 bits per heavy atom. The molecule has 0 spiro atoms. The van der Waals surface area contributed by atoms with Crippen molar-refractivity contribution in [3.63, 3.8) is 0 Å². The number of fused-ring (bicyclic) bond motifs is 1. The van der Waals surface area contributed by atoms with Crippen LogP contribution in [-0.4, -0.2) is 16.5 Å². The summed E-state index contributed by atoms with van der Waals surface area (Å²) in [7, 11) is 0. The standard InChI is InChI=1S/C9H8O.C6H4N2O4/c1-2-6-9-8(4-1)5-3-7-10-9;9-7(10)5-1-2-6(4-3-5)8(11)12/h1-6H,7H2;1-4H. The van der Waals surface area contributed by atoms with Crippen LogP contribution in [0, 0.1) is 20.2 Å². The number of rotatable bonds is 2. The topological polar surface area (TPSA) is 95.5 Å². The quantitative estimate of drug-likeness (QED) is 0.623. The Hall–Kier alpha value is -3.22. The number of para-hydroxylation sites is 1. The fourth-order valence-electron chi connectivity index (χ4n) is 1.76. The number of hydrogen-bond acceptors (Lipinski definition) is 5. The average molecular weight is 300 g/mol. The van der Waals surface area contributed by atoms with Gasteiger partial charge in [-0.3, -0.25) is 20.2 Å². The van der Waals surface area contributed by atoms with Gasteiger partial charge in [0.25, 0.3) is 11.4 Å². The lowest BCUT2D eigenvalue weighted by Crippen LogP contribution is -1.98.